The molecule has 0 aromatic rings. The molecule has 0 aliphatic heterocycles. The summed E-state index contributed by atoms with van der Waals surface area (Å²) in [5, 5.41) is 13.1. The highest BCUT2D eigenvalue weighted by Crippen LogP contribution is 2.09. The average molecular weight is 277 g/mol. The van der Waals surface area contributed by atoms with Gasteiger partial charge >= 0.3 is 5.97 Å². The molecule has 0 spiro atoms. The summed E-state index contributed by atoms with van der Waals surface area (Å²) < 4.78 is 4.85. The van der Waals surface area contributed by atoms with Crippen LogP contribution in [0.4, 0.5) is 0 Å². The molecule has 0 aliphatic carbocycles. The molecule has 4 nitrogen and oxygen atoms in total. The number of carbonyl (C=O) groups is 1. The zero-order valence-corrected chi connectivity index (χ0v) is 12.6. The summed E-state index contributed by atoms with van der Waals surface area (Å²) in [5.41, 5.74) is -0.635. The molecule has 0 radical (unpaired) electrons. The van der Waals surface area contributed by atoms with E-state index in [2.05, 4.69) is 5.32 Å². The van der Waals surface area contributed by atoms with Gasteiger partial charge in [0.15, 0.2) is 0 Å². The van der Waals surface area contributed by atoms with Crippen LogP contribution >= 0.6 is 11.8 Å². The van der Waals surface area contributed by atoms with Crippen molar-refractivity contribution in [3.8, 4) is 0 Å². The minimum absolute atomic E-state index is 0.103. The van der Waals surface area contributed by atoms with Crippen molar-refractivity contribution in [2.45, 2.75) is 45.1 Å². The number of nitrogens with one attached hydrogen (secondary N) is 1. The van der Waals surface area contributed by atoms with Gasteiger partial charge in [-0.25, -0.2) is 0 Å². The van der Waals surface area contributed by atoms with E-state index >= 15 is 0 Å². The summed E-state index contributed by atoms with van der Waals surface area (Å²) in [4.78, 5) is 11.1. The van der Waals surface area contributed by atoms with E-state index in [4.69, 9.17) is 4.74 Å². The number of hydrogen-bond donors (Lipinski definition) is 2. The van der Waals surface area contributed by atoms with Gasteiger partial charge < -0.3 is 15.2 Å². The van der Waals surface area contributed by atoms with Gasteiger partial charge in [-0.15, -0.1) is 0 Å². The fourth-order valence-corrected chi connectivity index (χ4v) is 2.37. The maximum atomic E-state index is 11.1. The Balaban J connectivity index is 3.33. The number of esters is 1. The summed E-state index contributed by atoms with van der Waals surface area (Å²) in [5.74, 6) is 0.636. The molecule has 0 aromatic carbocycles. The van der Waals surface area contributed by atoms with Crippen molar-refractivity contribution >= 4 is 17.7 Å². The topological polar surface area (TPSA) is 58.6 Å². The molecule has 1 atom stereocenters. The number of ether oxygens (including phenoxy) is 1. The van der Waals surface area contributed by atoms with E-state index in [0.717, 1.165) is 31.6 Å². The number of carbonyl (C=O) groups excluding carboxylic acids is 1. The highest BCUT2D eigenvalue weighted by molar-refractivity contribution is 7.98. The van der Waals surface area contributed by atoms with E-state index in [1.54, 1.807) is 11.8 Å². The summed E-state index contributed by atoms with van der Waals surface area (Å²) in [6.45, 7) is 5.63. The highest BCUT2D eigenvalue weighted by Gasteiger charge is 2.18. The van der Waals surface area contributed by atoms with Crippen molar-refractivity contribution in [1.29, 1.82) is 0 Å². The monoisotopic (exact) mass is 277 g/mol. The molecule has 0 bridgehead atoms. The van der Waals surface area contributed by atoms with E-state index in [0.29, 0.717) is 19.6 Å². The summed E-state index contributed by atoms with van der Waals surface area (Å²) in [6, 6.07) is 0. The Morgan fingerprint density at radius 2 is 2.11 bits per heavy atom. The molecule has 0 rings (SSSR count). The van der Waals surface area contributed by atoms with Gasteiger partial charge in [-0.05, 0) is 39.5 Å². The third-order valence-corrected chi connectivity index (χ3v) is 3.41. The first-order valence-electron chi connectivity index (χ1n) is 6.59. The van der Waals surface area contributed by atoms with Gasteiger partial charge in [-0.1, -0.05) is 6.42 Å². The molecule has 0 fully saturated rings. The lowest BCUT2D eigenvalue weighted by molar-refractivity contribution is -0.143. The number of aliphatic hydroxyl groups is 1. The van der Waals surface area contributed by atoms with Gasteiger partial charge in [0, 0.05) is 18.7 Å². The molecule has 0 saturated carbocycles. The Labute approximate surface area is 115 Å². The van der Waals surface area contributed by atoms with Crippen LogP contribution in [0, 0.1) is 0 Å². The number of unbranched alkanes of at least 4 members (excludes halogenated alkanes) is 2. The minimum Gasteiger partial charge on any atom is -0.466 e. The summed E-state index contributed by atoms with van der Waals surface area (Å²) in [7, 11) is 0. The SMILES string of the molecule is CCOC(=O)CCCCCNCC(C)(O)CSC. The molecule has 5 heteroatoms. The van der Waals surface area contributed by atoms with Crippen LogP contribution < -0.4 is 5.32 Å². The third-order valence-electron chi connectivity index (χ3n) is 2.50. The van der Waals surface area contributed by atoms with Crippen LogP contribution in [0.2, 0.25) is 0 Å². The number of thioether (sulfide) groups is 1. The normalized spacial score (nSPS) is 14.2. The average Bonchev–Trinajstić information content (AvgIpc) is 2.28. The number of hydrogen-bond acceptors (Lipinski definition) is 5. The van der Waals surface area contributed by atoms with Crippen LogP contribution in [0.5, 0.6) is 0 Å². The van der Waals surface area contributed by atoms with E-state index in [1.165, 1.54) is 0 Å². The van der Waals surface area contributed by atoms with Crippen molar-refractivity contribution in [1.82, 2.24) is 5.32 Å². The number of rotatable bonds is 11. The van der Waals surface area contributed by atoms with Crippen LogP contribution in [0.3, 0.4) is 0 Å². The van der Waals surface area contributed by atoms with Crippen LogP contribution in [-0.2, 0) is 9.53 Å². The second-order valence-corrected chi connectivity index (χ2v) is 5.59. The second kappa shape index (κ2) is 10.6. The molecular weight excluding hydrogens is 250 g/mol. The molecule has 0 saturated heterocycles. The lowest BCUT2D eigenvalue weighted by Crippen LogP contribution is -2.40. The van der Waals surface area contributed by atoms with Gasteiger partial charge in [0.05, 0.1) is 12.2 Å². The Hall–Kier alpha value is -0.260. The van der Waals surface area contributed by atoms with E-state index in [9.17, 15) is 9.90 Å². The molecule has 18 heavy (non-hydrogen) atoms. The van der Waals surface area contributed by atoms with E-state index in [1.807, 2.05) is 20.1 Å². The van der Waals surface area contributed by atoms with Crippen LogP contribution in [0.25, 0.3) is 0 Å². The Bertz CT molecular complexity index is 222. The lowest BCUT2D eigenvalue weighted by Gasteiger charge is -2.22. The van der Waals surface area contributed by atoms with Gasteiger partial charge in [0.25, 0.3) is 0 Å². The Morgan fingerprint density at radius 3 is 2.72 bits per heavy atom. The Morgan fingerprint density at radius 1 is 1.39 bits per heavy atom. The maximum absolute atomic E-state index is 11.1. The van der Waals surface area contributed by atoms with E-state index in [-0.39, 0.29) is 5.97 Å². The third kappa shape index (κ3) is 10.9. The fourth-order valence-electron chi connectivity index (χ4n) is 1.65. The Kier molecular flexibility index (Phi) is 10.5. The predicted octanol–water partition coefficient (Wildman–Crippen LogP) is 1.81. The van der Waals surface area contributed by atoms with Gasteiger partial charge in [0.2, 0.25) is 0 Å². The van der Waals surface area contributed by atoms with Crippen LogP contribution in [-0.4, -0.2) is 48.4 Å². The first-order chi connectivity index (χ1) is 8.52. The van der Waals surface area contributed by atoms with Crippen molar-refractivity contribution in [3.63, 3.8) is 0 Å². The summed E-state index contributed by atoms with van der Waals surface area (Å²) in [6.07, 6.45) is 5.41. The van der Waals surface area contributed by atoms with Crippen molar-refractivity contribution < 1.29 is 14.6 Å². The van der Waals surface area contributed by atoms with Gasteiger partial charge in [-0.3, -0.25) is 4.79 Å². The van der Waals surface area contributed by atoms with Crippen molar-refractivity contribution in [2.24, 2.45) is 0 Å². The zero-order chi connectivity index (χ0) is 13.9. The second-order valence-electron chi connectivity index (χ2n) is 4.72. The van der Waals surface area contributed by atoms with Gasteiger partial charge in [-0.2, -0.15) is 11.8 Å². The largest absolute Gasteiger partial charge is 0.466 e. The van der Waals surface area contributed by atoms with Crippen LogP contribution in [0.15, 0.2) is 0 Å². The zero-order valence-electron chi connectivity index (χ0n) is 11.8. The molecule has 0 amide bonds. The highest BCUT2D eigenvalue weighted by atomic mass is 32.2. The molecule has 0 aliphatic rings. The smallest absolute Gasteiger partial charge is 0.305 e. The molecule has 108 valence electrons. The molecule has 1 unspecified atom stereocenters. The standard InChI is InChI=1S/C13H27NO3S/c1-4-17-12(15)8-6-5-7-9-14-10-13(2,16)11-18-3/h14,16H,4-11H2,1-3H3. The van der Waals surface area contributed by atoms with Gasteiger partial charge in [0.1, 0.15) is 0 Å². The summed E-state index contributed by atoms with van der Waals surface area (Å²) >= 11 is 1.65. The molecular formula is C13H27NO3S. The van der Waals surface area contributed by atoms with Crippen molar-refractivity contribution in [3.05, 3.63) is 0 Å². The fraction of sp³-hybridized carbons (Fsp3) is 0.923. The maximum Gasteiger partial charge on any atom is 0.305 e. The first-order valence-corrected chi connectivity index (χ1v) is 7.99. The first kappa shape index (κ1) is 17.7. The molecule has 0 aromatic heterocycles. The predicted molar refractivity (Wildman–Crippen MR) is 77.0 cm³/mol. The molecule has 2 N–H and O–H groups in total. The quantitative estimate of drug-likeness (QED) is 0.445. The minimum atomic E-state index is -0.635. The van der Waals surface area contributed by atoms with Crippen LogP contribution in [0.1, 0.15) is 39.5 Å². The van der Waals surface area contributed by atoms with E-state index < -0.39 is 5.60 Å². The van der Waals surface area contributed by atoms with Crippen molar-refractivity contribution in [2.75, 3.05) is 31.7 Å². The molecule has 0 heterocycles. The lowest BCUT2D eigenvalue weighted by atomic mass is 10.1.